The minimum atomic E-state index is -0.490. The summed E-state index contributed by atoms with van der Waals surface area (Å²) in [6.45, 7) is 0. The summed E-state index contributed by atoms with van der Waals surface area (Å²) in [4.78, 5) is 24.5. The second-order valence-corrected chi connectivity index (χ2v) is 5.72. The lowest BCUT2D eigenvalue weighted by atomic mass is 10.2. The number of rotatable bonds is 2. The highest BCUT2D eigenvalue weighted by Gasteiger charge is 2.25. The van der Waals surface area contributed by atoms with E-state index in [9.17, 15) is 9.18 Å². The number of fused-ring (bicyclic) bond motifs is 3. The Hall–Kier alpha value is -2.48. The molecule has 0 bridgehead atoms. The molecule has 0 fully saturated rings. The zero-order valence-corrected chi connectivity index (χ0v) is 12.2. The van der Waals surface area contributed by atoms with Crippen LogP contribution in [0.2, 0.25) is 0 Å². The summed E-state index contributed by atoms with van der Waals surface area (Å²) in [6, 6.07) is 4.61. The molecule has 4 rings (SSSR count). The predicted octanol–water partition coefficient (Wildman–Crippen LogP) is 1.38. The van der Waals surface area contributed by atoms with Crippen LogP contribution in [0.4, 0.5) is 4.39 Å². The molecule has 6 nitrogen and oxygen atoms in total. The number of halogens is 1. The van der Waals surface area contributed by atoms with E-state index in [0.717, 1.165) is 0 Å². The number of hydrogen-bond donors (Lipinski definition) is 0. The maximum Gasteiger partial charge on any atom is 0.354 e. The van der Waals surface area contributed by atoms with E-state index in [1.807, 2.05) is 0 Å². The van der Waals surface area contributed by atoms with Crippen molar-refractivity contribution in [2.75, 3.05) is 7.11 Å². The van der Waals surface area contributed by atoms with E-state index in [-0.39, 0.29) is 0 Å². The van der Waals surface area contributed by atoms with Gasteiger partial charge in [-0.3, -0.25) is 4.99 Å². The third-order valence-electron chi connectivity index (χ3n) is 3.40. The van der Waals surface area contributed by atoms with Crippen LogP contribution in [0.25, 0.3) is 5.65 Å². The van der Waals surface area contributed by atoms with Crippen LogP contribution in [0.1, 0.15) is 10.9 Å². The van der Waals surface area contributed by atoms with Crippen LogP contribution in [0.5, 0.6) is 5.75 Å². The van der Waals surface area contributed by atoms with Gasteiger partial charge >= 0.3 is 5.69 Å². The minimum absolute atomic E-state index is 0.407. The molecule has 1 aliphatic rings. The van der Waals surface area contributed by atoms with Gasteiger partial charge in [0.1, 0.15) is 27.3 Å². The first-order valence-electron chi connectivity index (χ1n) is 6.42. The van der Waals surface area contributed by atoms with E-state index >= 15 is 0 Å². The summed E-state index contributed by atoms with van der Waals surface area (Å²) >= 11 is 1.24. The largest absolute Gasteiger partial charge is 0.497 e. The van der Waals surface area contributed by atoms with Crippen molar-refractivity contribution in [3.05, 3.63) is 57.8 Å². The lowest BCUT2D eigenvalue weighted by Crippen LogP contribution is -2.23. The van der Waals surface area contributed by atoms with Gasteiger partial charge in [0.25, 0.3) is 0 Å². The first kappa shape index (κ1) is 13.2. The van der Waals surface area contributed by atoms with Crippen molar-refractivity contribution in [3.8, 4) is 5.75 Å². The number of thioether (sulfide) groups is 1. The first-order valence-corrected chi connectivity index (χ1v) is 7.30. The molecule has 22 heavy (non-hydrogen) atoms. The van der Waals surface area contributed by atoms with E-state index in [4.69, 9.17) is 4.74 Å². The van der Waals surface area contributed by atoms with E-state index in [0.29, 0.717) is 27.3 Å². The third kappa shape index (κ3) is 1.87. The topological polar surface area (TPSA) is 68.9 Å². The van der Waals surface area contributed by atoms with Crippen molar-refractivity contribution < 1.29 is 9.13 Å². The fraction of sp³-hybridized carbons (Fsp3) is 0.143. The molecule has 0 spiro atoms. The van der Waals surface area contributed by atoms with Crippen molar-refractivity contribution in [3.63, 3.8) is 0 Å². The average molecular weight is 316 g/mol. The highest BCUT2D eigenvalue weighted by Crippen LogP contribution is 2.39. The predicted molar refractivity (Wildman–Crippen MR) is 77.6 cm³/mol. The molecule has 110 valence electrons. The fourth-order valence-corrected chi connectivity index (χ4v) is 3.41. The molecule has 0 N–H and O–H groups in total. The summed E-state index contributed by atoms with van der Waals surface area (Å²) in [6.07, 6.45) is 3.05. The molecule has 0 saturated heterocycles. The Balaban J connectivity index is 1.86. The van der Waals surface area contributed by atoms with Crippen molar-refractivity contribution in [2.24, 2.45) is 4.99 Å². The molecule has 3 aromatic rings. The second-order valence-electron chi connectivity index (χ2n) is 4.66. The zero-order chi connectivity index (χ0) is 15.3. The Morgan fingerprint density at radius 1 is 1.41 bits per heavy atom. The van der Waals surface area contributed by atoms with Gasteiger partial charge in [-0.15, -0.1) is 0 Å². The Morgan fingerprint density at radius 2 is 2.27 bits per heavy atom. The molecule has 1 aromatic carbocycles. The number of aromatic nitrogens is 3. The van der Waals surface area contributed by atoms with Crippen LogP contribution >= 0.6 is 11.8 Å². The molecule has 0 radical (unpaired) electrons. The number of methoxy groups -OCH3 is 1. The number of hydrogen-bond acceptors (Lipinski definition) is 6. The van der Waals surface area contributed by atoms with Gasteiger partial charge in [0.15, 0.2) is 5.65 Å². The van der Waals surface area contributed by atoms with Gasteiger partial charge in [-0.05, 0) is 12.1 Å². The Morgan fingerprint density at radius 3 is 3.05 bits per heavy atom. The summed E-state index contributed by atoms with van der Waals surface area (Å²) in [5.74, 6) is 0.0347. The van der Waals surface area contributed by atoms with E-state index in [1.54, 1.807) is 12.1 Å². The highest BCUT2D eigenvalue weighted by molar-refractivity contribution is 7.99. The second kappa shape index (κ2) is 4.77. The maximum atomic E-state index is 14.2. The quantitative estimate of drug-likeness (QED) is 0.668. The molecule has 3 heterocycles. The van der Waals surface area contributed by atoms with Gasteiger partial charge in [0.2, 0.25) is 0 Å². The van der Waals surface area contributed by atoms with Crippen molar-refractivity contribution in [1.29, 1.82) is 0 Å². The van der Waals surface area contributed by atoms with E-state index < -0.39 is 16.9 Å². The normalized spacial score (nSPS) is 16.5. The minimum Gasteiger partial charge on any atom is -0.497 e. The zero-order valence-electron chi connectivity index (χ0n) is 11.4. The van der Waals surface area contributed by atoms with Gasteiger partial charge in [0, 0.05) is 24.0 Å². The van der Waals surface area contributed by atoms with Crippen LogP contribution < -0.4 is 15.8 Å². The van der Waals surface area contributed by atoms with E-state index in [1.165, 1.54) is 41.7 Å². The smallest absolute Gasteiger partial charge is 0.354 e. The molecule has 8 heteroatoms. The highest BCUT2D eigenvalue weighted by atomic mass is 32.2. The van der Waals surface area contributed by atoms with Crippen LogP contribution in [-0.4, -0.2) is 21.5 Å². The van der Waals surface area contributed by atoms with Gasteiger partial charge in [-0.1, -0.05) is 11.8 Å². The number of imidazole rings is 1. The molecule has 0 saturated carbocycles. The molecule has 0 amide bonds. The van der Waals surface area contributed by atoms with Gasteiger partial charge in [-0.25, -0.2) is 18.6 Å². The SMILES string of the molecule is COc1ccc(C2N=c3c(nc(=O)n4ccnc34)S2)c(F)c1. The molecular formula is C14H9FN4O2S. The summed E-state index contributed by atoms with van der Waals surface area (Å²) in [5.41, 5.74) is 0.449. The van der Waals surface area contributed by atoms with Gasteiger partial charge in [0.05, 0.1) is 7.11 Å². The summed E-state index contributed by atoms with van der Waals surface area (Å²) < 4.78 is 20.5. The molecule has 0 aliphatic carbocycles. The van der Waals surface area contributed by atoms with Crippen LogP contribution in [0.15, 0.2) is 45.4 Å². The first-order chi connectivity index (χ1) is 10.7. The van der Waals surface area contributed by atoms with E-state index in [2.05, 4.69) is 15.0 Å². The lowest BCUT2D eigenvalue weighted by Gasteiger charge is -2.09. The standard InChI is InChI=1S/C14H9FN4O2S/c1-21-7-2-3-8(9(15)6-7)12-17-10-11-16-4-5-19(11)14(20)18-13(10)22-12/h2-6,12H,1H3. The molecular weight excluding hydrogens is 307 g/mol. The monoisotopic (exact) mass is 316 g/mol. The number of ether oxygens (including phenoxy) is 1. The maximum absolute atomic E-state index is 14.2. The number of nitrogens with zero attached hydrogens (tertiary/aromatic N) is 4. The van der Waals surface area contributed by atoms with Gasteiger partial charge in [-0.2, -0.15) is 4.98 Å². The molecule has 1 atom stereocenters. The Bertz CT molecular complexity index is 1000. The number of benzene rings is 1. The molecule has 1 unspecified atom stereocenters. The van der Waals surface area contributed by atoms with Crippen LogP contribution in [0.3, 0.4) is 0 Å². The fourth-order valence-electron chi connectivity index (χ4n) is 2.33. The van der Waals surface area contributed by atoms with Crippen LogP contribution in [0, 0.1) is 5.82 Å². The average Bonchev–Trinajstić information content (AvgIpc) is 3.13. The lowest BCUT2D eigenvalue weighted by molar-refractivity contribution is 0.410. The van der Waals surface area contributed by atoms with Crippen molar-refractivity contribution >= 4 is 17.4 Å². The summed E-state index contributed by atoms with van der Waals surface area (Å²) in [5, 5.41) is 0.509. The van der Waals surface area contributed by atoms with Crippen LogP contribution in [-0.2, 0) is 0 Å². The summed E-state index contributed by atoms with van der Waals surface area (Å²) in [7, 11) is 1.48. The van der Waals surface area contributed by atoms with Crippen molar-refractivity contribution in [1.82, 2.24) is 14.4 Å². The third-order valence-corrected chi connectivity index (χ3v) is 4.49. The Kier molecular flexibility index (Phi) is 2.86. The van der Waals surface area contributed by atoms with Gasteiger partial charge < -0.3 is 4.74 Å². The molecule has 1 aliphatic heterocycles. The molecule has 2 aromatic heterocycles. The Labute approximate surface area is 127 Å². The van der Waals surface area contributed by atoms with Crippen molar-refractivity contribution in [2.45, 2.75) is 10.4 Å².